The number of thioether (sulfide) groups is 1. The maximum atomic E-state index is 12.0. The van der Waals surface area contributed by atoms with Gasteiger partial charge in [-0.05, 0) is 31.5 Å². The zero-order chi connectivity index (χ0) is 17.5. The Kier molecular flexibility index (Phi) is 6.86. The predicted octanol–water partition coefficient (Wildman–Crippen LogP) is 3.55. The standard InChI is InChI=1S/C16H17BrN2O4S/c1-10-7-14(19-23-10)18-16(21)11(2)24-9-15(20)22-8-12-3-5-13(17)6-4-12/h3-7,11H,8-9H2,1-2H3,(H,18,19,21)/t11-/m0/s1. The lowest BCUT2D eigenvalue weighted by Crippen LogP contribution is -2.24. The molecule has 2 rings (SSSR count). The third kappa shape index (κ3) is 6.01. The molecule has 0 radical (unpaired) electrons. The molecule has 0 aliphatic heterocycles. The minimum atomic E-state index is -0.415. The molecule has 0 aliphatic carbocycles. The van der Waals surface area contributed by atoms with E-state index < -0.39 is 5.25 Å². The van der Waals surface area contributed by atoms with Crippen molar-refractivity contribution < 1.29 is 18.8 Å². The fourth-order valence-corrected chi connectivity index (χ4v) is 2.65. The van der Waals surface area contributed by atoms with Gasteiger partial charge in [-0.1, -0.05) is 33.2 Å². The Labute approximate surface area is 152 Å². The minimum absolute atomic E-state index is 0.100. The van der Waals surface area contributed by atoms with Crippen molar-refractivity contribution in [2.45, 2.75) is 25.7 Å². The Balaban J connectivity index is 1.70. The number of amides is 1. The van der Waals surface area contributed by atoms with Crippen molar-refractivity contribution in [1.29, 1.82) is 0 Å². The van der Waals surface area contributed by atoms with Gasteiger partial charge < -0.3 is 14.6 Å². The average Bonchev–Trinajstić information content (AvgIpc) is 2.96. The number of carbonyl (C=O) groups is 2. The first-order valence-corrected chi connectivity index (χ1v) is 9.04. The van der Waals surface area contributed by atoms with Crippen LogP contribution in [0, 0.1) is 6.92 Å². The molecule has 1 aromatic heterocycles. The number of esters is 1. The molecule has 2 aromatic rings. The van der Waals surface area contributed by atoms with Crippen LogP contribution in [-0.2, 0) is 20.9 Å². The van der Waals surface area contributed by atoms with E-state index in [1.807, 2.05) is 24.3 Å². The van der Waals surface area contributed by atoms with E-state index in [1.165, 1.54) is 11.8 Å². The molecular formula is C16H17BrN2O4S. The van der Waals surface area contributed by atoms with Crippen LogP contribution >= 0.6 is 27.7 Å². The average molecular weight is 413 g/mol. The summed E-state index contributed by atoms with van der Waals surface area (Å²) in [7, 11) is 0. The fourth-order valence-electron chi connectivity index (χ4n) is 1.71. The highest BCUT2D eigenvalue weighted by Gasteiger charge is 2.17. The Morgan fingerprint density at radius 1 is 1.38 bits per heavy atom. The number of hydrogen-bond donors (Lipinski definition) is 1. The zero-order valence-electron chi connectivity index (χ0n) is 13.2. The van der Waals surface area contributed by atoms with Crippen molar-refractivity contribution in [3.8, 4) is 0 Å². The molecule has 128 valence electrons. The number of aryl methyl sites for hydroxylation is 1. The number of halogens is 1. The molecule has 1 aromatic carbocycles. The van der Waals surface area contributed by atoms with Gasteiger partial charge in [-0.25, -0.2) is 0 Å². The van der Waals surface area contributed by atoms with Crippen LogP contribution in [0.15, 0.2) is 39.3 Å². The van der Waals surface area contributed by atoms with Gasteiger partial charge >= 0.3 is 5.97 Å². The van der Waals surface area contributed by atoms with Crippen LogP contribution in [0.2, 0.25) is 0 Å². The molecule has 24 heavy (non-hydrogen) atoms. The summed E-state index contributed by atoms with van der Waals surface area (Å²) >= 11 is 4.55. The van der Waals surface area contributed by atoms with Crippen LogP contribution in [0.1, 0.15) is 18.2 Å². The highest BCUT2D eigenvalue weighted by molar-refractivity contribution is 9.10. The van der Waals surface area contributed by atoms with E-state index in [4.69, 9.17) is 9.26 Å². The summed E-state index contributed by atoms with van der Waals surface area (Å²) < 4.78 is 11.0. The summed E-state index contributed by atoms with van der Waals surface area (Å²) in [5.41, 5.74) is 0.906. The number of nitrogens with zero attached hydrogens (tertiary/aromatic N) is 1. The first-order valence-electron chi connectivity index (χ1n) is 7.20. The Morgan fingerprint density at radius 3 is 2.71 bits per heavy atom. The molecule has 0 unspecified atom stereocenters. The van der Waals surface area contributed by atoms with Crippen molar-refractivity contribution in [2.24, 2.45) is 0 Å². The number of anilines is 1. The van der Waals surface area contributed by atoms with Crippen LogP contribution in [0.4, 0.5) is 5.82 Å². The number of nitrogens with one attached hydrogen (secondary N) is 1. The number of aromatic nitrogens is 1. The Hall–Kier alpha value is -1.80. The number of ether oxygens (including phenoxy) is 1. The van der Waals surface area contributed by atoms with E-state index in [0.717, 1.165) is 10.0 Å². The fraction of sp³-hybridized carbons (Fsp3) is 0.312. The molecule has 1 atom stereocenters. The van der Waals surface area contributed by atoms with Gasteiger partial charge in [0.1, 0.15) is 12.4 Å². The first kappa shape index (κ1) is 18.5. The van der Waals surface area contributed by atoms with E-state index in [-0.39, 0.29) is 24.2 Å². The second-order valence-electron chi connectivity index (χ2n) is 5.05. The highest BCUT2D eigenvalue weighted by atomic mass is 79.9. The van der Waals surface area contributed by atoms with Gasteiger partial charge in [0.25, 0.3) is 0 Å². The van der Waals surface area contributed by atoms with Crippen LogP contribution in [0.25, 0.3) is 0 Å². The molecule has 1 heterocycles. The smallest absolute Gasteiger partial charge is 0.316 e. The van der Waals surface area contributed by atoms with E-state index in [1.54, 1.807) is 19.9 Å². The summed E-state index contributed by atoms with van der Waals surface area (Å²) in [4.78, 5) is 23.7. The second-order valence-corrected chi connectivity index (χ2v) is 7.30. The minimum Gasteiger partial charge on any atom is -0.460 e. The molecular weight excluding hydrogens is 396 g/mol. The van der Waals surface area contributed by atoms with E-state index >= 15 is 0 Å². The lowest BCUT2D eigenvalue weighted by atomic mass is 10.2. The number of rotatable bonds is 7. The molecule has 0 spiro atoms. The second kappa shape index (κ2) is 8.89. The first-order chi connectivity index (χ1) is 11.4. The Morgan fingerprint density at radius 2 is 2.08 bits per heavy atom. The van der Waals surface area contributed by atoms with E-state index in [2.05, 4.69) is 26.4 Å². The summed E-state index contributed by atoms with van der Waals surface area (Å²) in [6.45, 7) is 3.67. The number of carbonyl (C=O) groups excluding carboxylic acids is 2. The normalized spacial score (nSPS) is 11.8. The third-order valence-electron chi connectivity index (χ3n) is 3.01. The van der Waals surface area contributed by atoms with Gasteiger partial charge in [0.15, 0.2) is 5.82 Å². The van der Waals surface area contributed by atoms with Crippen molar-refractivity contribution in [3.05, 3.63) is 46.1 Å². The molecule has 8 heteroatoms. The summed E-state index contributed by atoms with van der Waals surface area (Å²) in [5.74, 6) is 0.474. The zero-order valence-corrected chi connectivity index (χ0v) is 15.6. The molecule has 0 saturated heterocycles. The van der Waals surface area contributed by atoms with Crippen LogP contribution in [0.5, 0.6) is 0 Å². The van der Waals surface area contributed by atoms with Gasteiger partial charge in [0.05, 0.1) is 11.0 Å². The molecule has 0 saturated carbocycles. The molecule has 6 nitrogen and oxygen atoms in total. The molecule has 0 aliphatic rings. The molecule has 1 N–H and O–H groups in total. The SMILES string of the molecule is Cc1cc(NC(=O)[C@H](C)SCC(=O)OCc2ccc(Br)cc2)no1. The monoisotopic (exact) mass is 412 g/mol. The van der Waals surface area contributed by atoms with Gasteiger partial charge in [0, 0.05) is 10.5 Å². The van der Waals surface area contributed by atoms with Crippen molar-refractivity contribution in [1.82, 2.24) is 5.16 Å². The topological polar surface area (TPSA) is 81.4 Å². The van der Waals surface area contributed by atoms with Crippen molar-refractivity contribution in [2.75, 3.05) is 11.1 Å². The Bertz CT molecular complexity index is 702. The number of benzene rings is 1. The van der Waals surface area contributed by atoms with E-state index in [0.29, 0.717) is 11.6 Å². The quantitative estimate of drug-likeness (QED) is 0.700. The summed E-state index contributed by atoms with van der Waals surface area (Å²) in [6.07, 6.45) is 0. The van der Waals surface area contributed by atoms with Crippen molar-refractivity contribution >= 4 is 45.4 Å². The van der Waals surface area contributed by atoms with Crippen LogP contribution in [-0.4, -0.2) is 28.0 Å². The van der Waals surface area contributed by atoms with E-state index in [9.17, 15) is 9.59 Å². The van der Waals surface area contributed by atoms with Crippen LogP contribution < -0.4 is 5.32 Å². The highest BCUT2D eigenvalue weighted by Crippen LogP contribution is 2.15. The maximum Gasteiger partial charge on any atom is 0.316 e. The summed E-state index contributed by atoms with van der Waals surface area (Å²) in [5, 5.41) is 5.90. The largest absolute Gasteiger partial charge is 0.460 e. The molecule has 0 fully saturated rings. The third-order valence-corrected chi connectivity index (χ3v) is 4.66. The molecule has 1 amide bonds. The summed E-state index contributed by atoms with van der Waals surface area (Å²) in [6, 6.07) is 9.15. The lowest BCUT2D eigenvalue weighted by molar-refractivity contribution is -0.141. The van der Waals surface area contributed by atoms with Crippen LogP contribution in [0.3, 0.4) is 0 Å². The van der Waals surface area contributed by atoms with Gasteiger partial charge in [-0.15, -0.1) is 11.8 Å². The van der Waals surface area contributed by atoms with Gasteiger partial charge in [-0.2, -0.15) is 0 Å². The van der Waals surface area contributed by atoms with Crippen molar-refractivity contribution in [3.63, 3.8) is 0 Å². The predicted molar refractivity (Wildman–Crippen MR) is 95.7 cm³/mol. The molecule has 0 bridgehead atoms. The van der Waals surface area contributed by atoms with Gasteiger partial charge in [-0.3, -0.25) is 9.59 Å². The number of hydrogen-bond acceptors (Lipinski definition) is 6. The van der Waals surface area contributed by atoms with Gasteiger partial charge in [0.2, 0.25) is 5.91 Å². The maximum absolute atomic E-state index is 12.0. The lowest BCUT2D eigenvalue weighted by Gasteiger charge is -2.10.